The van der Waals surface area contributed by atoms with E-state index in [4.69, 9.17) is 0 Å². The molecule has 1 unspecified atom stereocenters. The Morgan fingerprint density at radius 2 is 2.56 bits per heavy atom. The number of nitrogens with zero attached hydrogens (tertiary/aromatic N) is 1. The van der Waals surface area contributed by atoms with E-state index in [2.05, 4.69) is 11.0 Å². The Hall–Kier alpha value is 1.88. The molecule has 0 radical (unpaired) electrons. The molecule has 0 saturated heterocycles. The zero-order chi connectivity index (χ0) is 5.82. The minimum atomic E-state index is 0. The molecule has 0 aliphatic heterocycles. The zero-order valence-electron chi connectivity index (χ0n) is 4.03. The molecule has 1 aromatic heterocycles. The van der Waals surface area contributed by atoms with E-state index in [-0.39, 0.29) is 51.4 Å². The first-order valence-corrected chi connectivity index (χ1v) is 6.49. The molecule has 0 N–H and O–H groups in total. The van der Waals surface area contributed by atoms with E-state index in [9.17, 15) is 4.91 Å². The zero-order valence-corrected chi connectivity index (χ0v) is 6.82. The predicted octanol–water partition coefficient (Wildman–Crippen LogP) is 2.50. The Bertz CT molecular complexity index is 166. The minimum absolute atomic E-state index is 0. The van der Waals surface area contributed by atoms with Gasteiger partial charge in [0, 0.05) is 5.30 Å². The quantitative estimate of drug-likeness (QED) is 0.536. The van der Waals surface area contributed by atoms with Crippen molar-refractivity contribution in [2.45, 2.75) is 6.54 Å². The SMILES string of the molecule is O=NCc1c[pH]pp1.[KH]. The summed E-state index contributed by atoms with van der Waals surface area (Å²) in [5.74, 6) is 2.12. The van der Waals surface area contributed by atoms with Crippen molar-refractivity contribution >= 4 is 74.7 Å². The Balaban J connectivity index is 0.000000640. The number of hydrogen-bond donors (Lipinski definition) is 0. The Morgan fingerprint density at radius 3 is 3.00 bits per heavy atom. The Morgan fingerprint density at radius 1 is 1.78 bits per heavy atom. The van der Waals surface area contributed by atoms with Crippen LogP contribution in [0.5, 0.6) is 0 Å². The maximum absolute atomic E-state index is 9.67. The van der Waals surface area contributed by atoms with Crippen LogP contribution in [0, 0.1) is 4.91 Å². The normalized spacial score (nSPS) is 10.7. The first-order valence-electron chi connectivity index (χ1n) is 2.08. The molecule has 1 heterocycles. The van der Waals surface area contributed by atoms with Crippen molar-refractivity contribution in [3.8, 4) is 0 Å². The van der Waals surface area contributed by atoms with Gasteiger partial charge in [-0.25, -0.2) is 0 Å². The van der Waals surface area contributed by atoms with Crippen LogP contribution in [0.3, 0.4) is 0 Å². The molecule has 0 amide bonds. The van der Waals surface area contributed by atoms with Gasteiger partial charge in [0.2, 0.25) is 0 Å². The first-order chi connectivity index (χ1) is 3.93. The van der Waals surface area contributed by atoms with Crippen LogP contribution in [0.25, 0.3) is 0 Å². The average Bonchev–Trinajstić information content (AvgIpc) is 2.19. The summed E-state index contributed by atoms with van der Waals surface area (Å²) < 4.78 is 0. The molecular weight excluding hydrogens is 198 g/mol. The third kappa shape index (κ3) is 4.34. The van der Waals surface area contributed by atoms with Crippen molar-refractivity contribution in [1.82, 2.24) is 0 Å². The van der Waals surface area contributed by atoms with Crippen molar-refractivity contribution in [2.75, 3.05) is 0 Å². The molecule has 0 fully saturated rings. The second-order valence-corrected chi connectivity index (χ2v) is 6.55. The standard InChI is InChI=1S/C3H4NOP3.K.H/c5-4-1-3-2-6-8-7-3;;/h2,6H,1H2;;. The van der Waals surface area contributed by atoms with Crippen molar-refractivity contribution in [3.05, 3.63) is 16.0 Å². The summed E-state index contributed by atoms with van der Waals surface area (Å²) >= 11 is 0. The summed E-state index contributed by atoms with van der Waals surface area (Å²) in [7, 11) is 3.61. The van der Waals surface area contributed by atoms with E-state index in [0.29, 0.717) is 6.54 Å². The fourth-order valence-electron chi connectivity index (χ4n) is 0.369. The summed E-state index contributed by atoms with van der Waals surface area (Å²) in [4.78, 5) is 9.67. The van der Waals surface area contributed by atoms with Crippen LogP contribution in [0.4, 0.5) is 0 Å². The van der Waals surface area contributed by atoms with Crippen LogP contribution in [0.2, 0.25) is 0 Å². The van der Waals surface area contributed by atoms with E-state index in [1.54, 1.807) is 0 Å². The second-order valence-electron chi connectivity index (χ2n) is 1.25. The molecule has 0 bridgehead atoms. The average molecular weight is 203 g/mol. The number of nitroso groups, excluding NO2 is 1. The van der Waals surface area contributed by atoms with Crippen LogP contribution in [-0.4, -0.2) is 51.4 Å². The summed E-state index contributed by atoms with van der Waals surface area (Å²) in [5.41, 5.74) is 0. The van der Waals surface area contributed by atoms with E-state index in [1.807, 2.05) is 0 Å². The van der Waals surface area contributed by atoms with Gasteiger partial charge in [-0.2, -0.15) is 4.91 Å². The van der Waals surface area contributed by atoms with Gasteiger partial charge < -0.3 is 0 Å². The molecule has 1 atom stereocenters. The molecule has 0 aromatic carbocycles. The maximum atomic E-state index is 9.67. The van der Waals surface area contributed by atoms with Gasteiger partial charge in [-0.15, -0.1) is 7.87 Å². The molecule has 6 heteroatoms. The van der Waals surface area contributed by atoms with E-state index >= 15 is 0 Å². The van der Waals surface area contributed by atoms with Gasteiger partial charge in [0.1, 0.15) is 6.54 Å². The van der Waals surface area contributed by atoms with E-state index in [0.717, 1.165) is 7.87 Å². The molecule has 0 spiro atoms. The molecule has 2 nitrogen and oxygen atoms in total. The molecule has 0 aliphatic carbocycles. The molecule has 9 heavy (non-hydrogen) atoms. The predicted molar refractivity (Wildman–Crippen MR) is 47.6 cm³/mol. The molecule has 0 saturated carbocycles. The molecule has 1 aromatic rings. The summed E-state index contributed by atoms with van der Waals surface area (Å²) in [6.07, 6.45) is 0. The Kier molecular flexibility index (Phi) is 7.95. The fourth-order valence-corrected chi connectivity index (χ4v) is 5.81. The summed E-state index contributed by atoms with van der Waals surface area (Å²) in [6.45, 7) is 0.404. The van der Waals surface area contributed by atoms with Gasteiger partial charge in [0.25, 0.3) is 0 Å². The van der Waals surface area contributed by atoms with Crippen LogP contribution in [0.15, 0.2) is 11.0 Å². The summed E-state index contributed by atoms with van der Waals surface area (Å²) in [6, 6.07) is 0. The van der Waals surface area contributed by atoms with Crippen LogP contribution >= 0.6 is 23.3 Å². The summed E-state index contributed by atoms with van der Waals surface area (Å²) in [5, 5.41) is 3.99. The monoisotopic (exact) mass is 203 g/mol. The van der Waals surface area contributed by atoms with Gasteiger partial charge in [-0.1, -0.05) is 5.18 Å². The Labute approximate surface area is 101 Å². The van der Waals surface area contributed by atoms with Crippen LogP contribution < -0.4 is 0 Å². The van der Waals surface area contributed by atoms with Crippen molar-refractivity contribution in [2.24, 2.45) is 5.18 Å². The second kappa shape index (κ2) is 6.58. The van der Waals surface area contributed by atoms with Crippen LogP contribution in [0.1, 0.15) is 5.30 Å². The third-order valence-electron chi connectivity index (χ3n) is 0.694. The fraction of sp³-hybridized carbons (Fsp3) is 0.333. The van der Waals surface area contributed by atoms with Crippen LogP contribution in [-0.2, 0) is 6.54 Å². The van der Waals surface area contributed by atoms with Crippen molar-refractivity contribution in [3.63, 3.8) is 0 Å². The van der Waals surface area contributed by atoms with Gasteiger partial charge >= 0.3 is 51.4 Å². The first kappa shape index (κ1) is 10.9. The van der Waals surface area contributed by atoms with Crippen molar-refractivity contribution < 1.29 is 0 Å². The van der Waals surface area contributed by atoms with Gasteiger partial charge in [-0.3, -0.25) is 0 Å². The molecular formula is C3H5KNOP3. The van der Waals surface area contributed by atoms with Gasteiger partial charge in [0.05, 0.1) is 0 Å². The number of rotatable bonds is 2. The third-order valence-corrected chi connectivity index (χ3v) is 5.90. The molecule has 0 aliphatic rings. The van der Waals surface area contributed by atoms with E-state index in [1.165, 1.54) is 20.7 Å². The van der Waals surface area contributed by atoms with Gasteiger partial charge in [0.15, 0.2) is 0 Å². The molecule has 44 valence electrons. The molecule has 1 rings (SSSR count). The topological polar surface area (TPSA) is 29.4 Å². The van der Waals surface area contributed by atoms with Crippen molar-refractivity contribution in [1.29, 1.82) is 0 Å². The number of hydrogen-bond acceptors (Lipinski definition) is 2. The van der Waals surface area contributed by atoms with E-state index < -0.39 is 0 Å². The van der Waals surface area contributed by atoms with Gasteiger partial charge in [-0.05, 0) is 21.2 Å².